The van der Waals surface area contributed by atoms with E-state index in [2.05, 4.69) is 0 Å². The van der Waals surface area contributed by atoms with E-state index >= 15 is 0 Å². The van der Waals surface area contributed by atoms with Gasteiger partial charge in [0, 0.05) is 12.5 Å². The monoisotopic (exact) mass is 140 g/mol. The molecule has 0 aromatic carbocycles. The molecule has 2 nitrogen and oxygen atoms in total. The van der Waals surface area contributed by atoms with Crippen LogP contribution in [-0.2, 0) is 4.79 Å². The number of aldehydes is 1. The number of hydrogen-bond acceptors (Lipinski definition) is 2. The second-order valence-corrected chi connectivity index (χ2v) is 2.69. The predicted octanol–water partition coefficient (Wildman–Crippen LogP) is 0.904. The first-order chi connectivity index (χ1) is 4.86. The zero-order valence-electron chi connectivity index (χ0n) is 5.92. The first kappa shape index (κ1) is 7.48. The Labute approximate surface area is 60.6 Å². The van der Waals surface area contributed by atoms with Gasteiger partial charge < -0.3 is 5.11 Å². The van der Waals surface area contributed by atoms with Crippen LogP contribution in [-0.4, -0.2) is 18.0 Å². The molecule has 1 aliphatic rings. The van der Waals surface area contributed by atoms with Gasteiger partial charge in [-0.05, 0) is 24.8 Å². The Hall–Kier alpha value is -0.630. The second kappa shape index (κ2) is 3.52. The zero-order chi connectivity index (χ0) is 7.40. The van der Waals surface area contributed by atoms with Crippen molar-refractivity contribution in [2.24, 2.45) is 5.92 Å². The molecule has 56 valence electrons. The minimum absolute atomic E-state index is 0.178. The molecule has 1 unspecified atom stereocenters. The molecule has 2 heteroatoms. The average molecular weight is 140 g/mol. The fourth-order valence-corrected chi connectivity index (χ4v) is 1.28. The Kier molecular flexibility index (Phi) is 2.63. The largest absolute Gasteiger partial charge is 0.396 e. The lowest BCUT2D eigenvalue weighted by atomic mass is 9.92. The third kappa shape index (κ3) is 1.67. The molecule has 0 aromatic rings. The summed E-state index contributed by atoms with van der Waals surface area (Å²) in [7, 11) is 0. The summed E-state index contributed by atoms with van der Waals surface area (Å²) in [6, 6.07) is 0. The molecule has 0 amide bonds. The molecule has 0 aromatic heterocycles. The van der Waals surface area contributed by atoms with Gasteiger partial charge in [0.1, 0.15) is 6.29 Å². The van der Waals surface area contributed by atoms with Crippen molar-refractivity contribution in [2.45, 2.75) is 19.3 Å². The van der Waals surface area contributed by atoms with Crippen LogP contribution in [0.3, 0.4) is 0 Å². The van der Waals surface area contributed by atoms with Gasteiger partial charge in [-0.25, -0.2) is 0 Å². The van der Waals surface area contributed by atoms with E-state index in [1.165, 1.54) is 0 Å². The van der Waals surface area contributed by atoms with E-state index in [1.54, 1.807) is 0 Å². The van der Waals surface area contributed by atoms with Crippen molar-refractivity contribution < 1.29 is 9.90 Å². The van der Waals surface area contributed by atoms with Crippen LogP contribution in [0.4, 0.5) is 0 Å². The summed E-state index contributed by atoms with van der Waals surface area (Å²) in [5.74, 6) is 0.231. The van der Waals surface area contributed by atoms with Crippen molar-refractivity contribution >= 4 is 6.29 Å². The van der Waals surface area contributed by atoms with Crippen molar-refractivity contribution in [3.05, 3.63) is 11.6 Å². The fraction of sp³-hybridized carbons (Fsp3) is 0.625. The topological polar surface area (TPSA) is 37.3 Å². The van der Waals surface area contributed by atoms with E-state index in [9.17, 15) is 4.79 Å². The number of aliphatic hydroxyl groups is 1. The molecular weight excluding hydrogens is 128 g/mol. The second-order valence-electron chi connectivity index (χ2n) is 2.69. The van der Waals surface area contributed by atoms with Gasteiger partial charge in [0.25, 0.3) is 0 Å². The zero-order valence-corrected chi connectivity index (χ0v) is 5.92. The summed E-state index contributed by atoms with van der Waals surface area (Å²) < 4.78 is 0. The van der Waals surface area contributed by atoms with Crippen LogP contribution in [0.15, 0.2) is 11.6 Å². The third-order valence-corrected chi connectivity index (χ3v) is 1.88. The summed E-state index contributed by atoms with van der Waals surface area (Å²) in [5.41, 5.74) is 0.852. The highest BCUT2D eigenvalue weighted by atomic mass is 16.3. The molecule has 0 spiro atoms. The molecule has 0 saturated heterocycles. The van der Waals surface area contributed by atoms with Crippen LogP contribution in [0, 0.1) is 5.92 Å². The standard InChI is InChI=1S/C8H12O2/c9-5-7-2-1-3-8(4-7)6-10/h4-5,8,10H,1-3,6H2. The average Bonchev–Trinajstić information content (AvgIpc) is 2.05. The number of carbonyl (C=O) groups excluding carboxylic acids is 1. The Morgan fingerprint density at radius 3 is 3.20 bits per heavy atom. The van der Waals surface area contributed by atoms with Gasteiger partial charge in [-0.2, -0.15) is 0 Å². The van der Waals surface area contributed by atoms with Crippen LogP contribution in [0.5, 0.6) is 0 Å². The number of rotatable bonds is 2. The third-order valence-electron chi connectivity index (χ3n) is 1.88. The fourth-order valence-electron chi connectivity index (χ4n) is 1.28. The van der Waals surface area contributed by atoms with Crippen molar-refractivity contribution in [2.75, 3.05) is 6.61 Å². The maximum atomic E-state index is 10.3. The summed E-state index contributed by atoms with van der Waals surface area (Å²) in [6.45, 7) is 0.178. The normalized spacial score (nSPS) is 25.7. The van der Waals surface area contributed by atoms with E-state index in [4.69, 9.17) is 5.11 Å². The lowest BCUT2D eigenvalue weighted by Gasteiger charge is -2.15. The molecule has 0 fully saturated rings. The first-order valence-corrected chi connectivity index (χ1v) is 3.63. The van der Waals surface area contributed by atoms with E-state index in [0.29, 0.717) is 0 Å². The maximum absolute atomic E-state index is 10.3. The van der Waals surface area contributed by atoms with Crippen LogP contribution >= 0.6 is 0 Å². The first-order valence-electron chi connectivity index (χ1n) is 3.63. The van der Waals surface area contributed by atoms with Crippen molar-refractivity contribution in [1.29, 1.82) is 0 Å². The molecule has 1 aliphatic carbocycles. The molecule has 0 bridgehead atoms. The summed E-state index contributed by atoms with van der Waals surface area (Å²) in [6.07, 6.45) is 5.72. The molecule has 1 N–H and O–H groups in total. The minimum atomic E-state index is 0.178. The predicted molar refractivity (Wildman–Crippen MR) is 38.6 cm³/mol. The van der Waals surface area contributed by atoms with Gasteiger partial charge >= 0.3 is 0 Å². The number of hydrogen-bond donors (Lipinski definition) is 1. The van der Waals surface area contributed by atoms with Crippen molar-refractivity contribution in [1.82, 2.24) is 0 Å². The number of aliphatic hydroxyl groups excluding tert-OH is 1. The van der Waals surface area contributed by atoms with Crippen LogP contribution < -0.4 is 0 Å². The lowest BCUT2D eigenvalue weighted by Crippen LogP contribution is -2.08. The van der Waals surface area contributed by atoms with E-state index in [1.807, 2.05) is 6.08 Å². The lowest BCUT2D eigenvalue weighted by molar-refractivity contribution is -0.105. The molecule has 1 rings (SSSR count). The Bertz CT molecular complexity index is 149. The van der Waals surface area contributed by atoms with Crippen LogP contribution in [0.25, 0.3) is 0 Å². The molecule has 0 saturated carbocycles. The van der Waals surface area contributed by atoms with E-state index < -0.39 is 0 Å². The highest BCUT2D eigenvalue weighted by Crippen LogP contribution is 2.20. The van der Waals surface area contributed by atoms with Crippen LogP contribution in [0.2, 0.25) is 0 Å². The SMILES string of the molecule is O=CC1=CC(CO)CCC1. The van der Waals surface area contributed by atoms with E-state index in [-0.39, 0.29) is 12.5 Å². The molecule has 10 heavy (non-hydrogen) atoms. The minimum Gasteiger partial charge on any atom is -0.396 e. The maximum Gasteiger partial charge on any atom is 0.145 e. The van der Waals surface area contributed by atoms with Crippen LogP contribution in [0.1, 0.15) is 19.3 Å². The van der Waals surface area contributed by atoms with Gasteiger partial charge in [-0.1, -0.05) is 6.08 Å². The summed E-state index contributed by atoms with van der Waals surface area (Å²) in [5, 5.41) is 8.74. The molecule has 1 atom stereocenters. The molecule has 0 heterocycles. The Morgan fingerprint density at radius 2 is 2.60 bits per heavy atom. The quantitative estimate of drug-likeness (QED) is 0.579. The van der Waals surface area contributed by atoms with Gasteiger partial charge in [-0.15, -0.1) is 0 Å². The molecule has 0 radical (unpaired) electrons. The molecule has 0 aliphatic heterocycles. The Balaban J connectivity index is 2.56. The van der Waals surface area contributed by atoms with Gasteiger partial charge in [-0.3, -0.25) is 4.79 Å². The summed E-state index contributed by atoms with van der Waals surface area (Å²) in [4.78, 5) is 10.3. The number of carbonyl (C=O) groups is 1. The van der Waals surface area contributed by atoms with Crippen molar-refractivity contribution in [3.8, 4) is 0 Å². The van der Waals surface area contributed by atoms with Crippen molar-refractivity contribution in [3.63, 3.8) is 0 Å². The Morgan fingerprint density at radius 1 is 1.80 bits per heavy atom. The molecular formula is C8H12O2. The summed E-state index contributed by atoms with van der Waals surface area (Å²) >= 11 is 0. The highest BCUT2D eigenvalue weighted by molar-refractivity contribution is 5.73. The highest BCUT2D eigenvalue weighted by Gasteiger charge is 2.11. The number of allylic oxidation sites excluding steroid dienone is 1. The smallest absolute Gasteiger partial charge is 0.145 e. The van der Waals surface area contributed by atoms with Gasteiger partial charge in [0.2, 0.25) is 0 Å². The van der Waals surface area contributed by atoms with Gasteiger partial charge in [0.15, 0.2) is 0 Å². The van der Waals surface area contributed by atoms with E-state index in [0.717, 1.165) is 31.1 Å². The van der Waals surface area contributed by atoms with Gasteiger partial charge in [0.05, 0.1) is 0 Å².